The van der Waals surface area contributed by atoms with E-state index in [1.54, 1.807) is 41.0 Å². The molecule has 0 aliphatic carbocycles. The maximum atomic E-state index is 12.9. The quantitative estimate of drug-likeness (QED) is 0.563. The third-order valence-corrected chi connectivity index (χ3v) is 8.67. The van der Waals surface area contributed by atoms with Crippen LogP contribution >= 0.6 is 22.9 Å². The number of nitrogens with one attached hydrogen (secondary N) is 1. The van der Waals surface area contributed by atoms with Gasteiger partial charge < -0.3 is 5.32 Å². The molecule has 1 atom stereocenters. The van der Waals surface area contributed by atoms with Gasteiger partial charge in [0, 0.05) is 30.3 Å². The Balaban J connectivity index is 1.44. The van der Waals surface area contributed by atoms with Gasteiger partial charge in [-0.05, 0) is 55.7 Å². The molecule has 1 amide bonds. The predicted octanol–water partition coefficient (Wildman–Crippen LogP) is 3.92. The second kappa shape index (κ2) is 9.35. The molecule has 1 saturated heterocycles. The zero-order valence-corrected chi connectivity index (χ0v) is 20.0. The van der Waals surface area contributed by atoms with Crippen LogP contribution in [0, 0.1) is 5.92 Å². The second-order valence-electron chi connectivity index (χ2n) is 7.86. The molecular formula is C22H24ClN3O4S2. The minimum atomic E-state index is -3.55. The number of hydrogen-bond acceptors (Lipinski definition) is 5. The molecule has 1 aromatic heterocycles. The Morgan fingerprint density at radius 1 is 1.22 bits per heavy atom. The first kappa shape index (κ1) is 23.0. The van der Waals surface area contributed by atoms with Crippen molar-refractivity contribution in [3.63, 3.8) is 0 Å². The Kier molecular flexibility index (Phi) is 6.71. The van der Waals surface area contributed by atoms with E-state index < -0.39 is 15.9 Å². The fourth-order valence-corrected chi connectivity index (χ4v) is 6.71. The highest BCUT2D eigenvalue weighted by Crippen LogP contribution is 2.25. The van der Waals surface area contributed by atoms with Gasteiger partial charge in [0.05, 0.1) is 21.9 Å². The number of nitrogens with zero attached hydrogens (tertiary/aromatic N) is 2. The van der Waals surface area contributed by atoms with Crippen molar-refractivity contribution in [3.05, 3.63) is 62.7 Å². The summed E-state index contributed by atoms with van der Waals surface area (Å²) in [5.41, 5.74) is 2.11. The molecule has 1 N–H and O–H groups in total. The van der Waals surface area contributed by atoms with Crippen LogP contribution in [0.5, 0.6) is 0 Å². The third kappa shape index (κ3) is 4.91. The van der Waals surface area contributed by atoms with Crippen LogP contribution in [0.2, 0.25) is 5.02 Å². The van der Waals surface area contributed by atoms with Crippen LogP contribution in [-0.2, 0) is 27.1 Å². The molecule has 7 nitrogen and oxygen atoms in total. The summed E-state index contributed by atoms with van der Waals surface area (Å²) >= 11 is 7.03. The highest BCUT2D eigenvalue weighted by Gasteiger charge is 2.32. The molecule has 0 saturated carbocycles. The van der Waals surface area contributed by atoms with Crippen molar-refractivity contribution in [2.45, 2.75) is 32.1 Å². The van der Waals surface area contributed by atoms with Gasteiger partial charge in [-0.25, -0.2) is 12.7 Å². The van der Waals surface area contributed by atoms with Crippen LogP contribution in [0.1, 0.15) is 25.3 Å². The average molecular weight is 494 g/mol. The third-order valence-electron chi connectivity index (χ3n) is 5.66. The van der Waals surface area contributed by atoms with Crippen molar-refractivity contribution in [2.24, 2.45) is 5.92 Å². The van der Waals surface area contributed by atoms with Crippen LogP contribution in [0.25, 0.3) is 10.2 Å². The first-order valence-corrected chi connectivity index (χ1v) is 13.2. The molecule has 1 aliphatic rings. The van der Waals surface area contributed by atoms with Crippen LogP contribution in [0.4, 0.5) is 5.69 Å². The summed E-state index contributed by atoms with van der Waals surface area (Å²) in [7, 11) is -3.55. The smallest absolute Gasteiger partial charge is 0.308 e. The first-order chi connectivity index (χ1) is 15.3. The van der Waals surface area contributed by atoms with Gasteiger partial charge in [0.2, 0.25) is 15.9 Å². The topological polar surface area (TPSA) is 88.5 Å². The number of amides is 1. The summed E-state index contributed by atoms with van der Waals surface area (Å²) in [5.74, 6) is -0.765. The van der Waals surface area contributed by atoms with E-state index in [1.807, 2.05) is 13.0 Å². The lowest BCUT2D eigenvalue weighted by Gasteiger charge is -2.31. The lowest BCUT2D eigenvalue weighted by atomic mass is 9.98. The van der Waals surface area contributed by atoms with Crippen molar-refractivity contribution in [3.8, 4) is 0 Å². The number of benzene rings is 2. The van der Waals surface area contributed by atoms with E-state index in [0.717, 1.165) is 21.6 Å². The predicted molar refractivity (Wildman–Crippen MR) is 129 cm³/mol. The molecule has 10 heteroatoms. The number of carbonyl (C=O) groups is 1. The molecule has 1 aliphatic heterocycles. The van der Waals surface area contributed by atoms with Gasteiger partial charge >= 0.3 is 4.87 Å². The summed E-state index contributed by atoms with van der Waals surface area (Å²) in [4.78, 5) is 24.9. The molecule has 1 fully saturated rings. The highest BCUT2D eigenvalue weighted by atomic mass is 35.5. The van der Waals surface area contributed by atoms with Crippen molar-refractivity contribution in [2.75, 3.05) is 18.4 Å². The van der Waals surface area contributed by atoms with E-state index in [9.17, 15) is 18.0 Å². The van der Waals surface area contributed by atoms with Crippen LogP contribution in [0.15, 0.2) is 47.3 Å². The average Bonchev–Trinajstić information content (AvgIpc) is 3.09. The van der Waals surface area contributed by atoms with Gasteiger partial charge in [-0.15, -0.1) is 0 Å². The SMILES string of the molecule is CCn1c(=O)sc2cc(NC(=O)[C@@H]3CCCN(S(=O)(=O)Cc4ccc(Cl)cc4)C3)ccc21. The molecule has 0 spiro atoms. The van der Waals surface area contributed by atoms with Crippen LogP contribution < -0.4 is 10.2 Å². The number of fused-ring (bicyclic) bond motifs is 1. The molecule has 2 aromatic carbocycles. The lowest BCUT2D eigenvalue weighted by molar-refractivity contribution is -0.120. The van der Waals surface area contributed by atoms with Crippen molar-refractivity contribution < 1.29 is 13.2 Å². The monoisotopic (exact) mass is 493 g/mol. The molecule has 0 bridgehead atoms. The minimum Gasteiger partial charge on any atom is -0.326 e. The Morgan fingerprint density at radius 2 is 1.97 bits per heavy atom. The summed E-state index contributed by atoms with van der Waals surface area (Å²) in [6, 6.07) is 12.1. The van der Waals surface area contributed by atoms with Gasteiger partial charge in [0.15, 0.2) is 0 Å². The highest BCUT2D eigenvalue weighted by molar-refractivity contribution is 7.88. The molecule has 4 rings (SSSR count). The van der Waals surface area contributed by atoms with Crippen molar-refractivity contribution >= 4 is 54.8 Å². The number of halogens is 1. The van der Waals surface area contributed by atoms with Gasteiger partial charge in [-0.2, -0.15) is 0 Å². The van der Waals surface area contributed by atoms with Gasteiger partial charge in [0.25, 0.3) is 0 Å². The number of piperidine rings is 1. The maximum Gasteiger partial charge on any atom is 0.308 e. The molecule has 0 unspecified atom stereocenters. The molecule has 0 radical (unpaired) electrons. The lowest BCUT2D eigenvalue weighted by Crippen LogP contribution is -2.44. The number of anilines is 1. The van der Waals surface area contributed by atoms with Gasteiger partial charge in [-0.3, -0.25) is 14.2 Å². The normalized spacial score (nSPS) is 17.5. The molecule has 3 aromatic rings. The maximum absolute atomic E-state index is 12.9. The summed E-state index contributed by atoms with van der Waals surface area (Å²) in [6.45, 7) is 3.07. The van der Waals surface area contributed by atoms with E-state index in [0.29, 0.717) is 42.2 Å². The van der Waals surface area contributed by atoms with Gasteiger partial charge in [-0.1, -0.05) is 35.1 Å². The van der Waals surface area contributed by atoms with E-state index >= 15 is 0 Å². The van der Waals surface area contributed by atoms with E-state index in [1.165, 1.54) is 4.31 Å². The zero-order chi connectivity index (χ0) is 22.9. The number of sulfonamides is 1. The first-order valence-electron chi connectivity index (χ1n) is 10.4. The Bertz CT molecular complexity index is 1300. The number of aromatic nitrogens is 1. The Labute approximate surface area is 195 Å². The number of aryl methyl sites for hydroxylation is 1. The zero-order valence-electron chi connectivity index (χ0n) is 17.6. The Hall–Kier alpha value is -2.20. The van der Waals surface area contributed by atoms with E-state index in [-0.39, 0.29) is 23.1 Å². The molecular weight excluding hydrogens is 470 g/mol. The number of hydrogen-bond donors (Lipinski definition) is 1. The van der Waals surface area contributed by atoms with E-state index in [2.05, 4.69) is 5.32 Å². The number of carbonyl (C=O) groups excluding carboxylic acids is 1. The van der Waals surface area contributed by atoms with Crippen LogP contribution in [0.3, 0.4) is 0 Å². The van der Waals surface area contributed by atoms with Crippen LogP contribution in [-0.4, -0.2) is 36.3 Å². The van der Waals surface area contributed by atoms with Crippen molar-refractivity contribution in [1.82, 2.24) is 8.87 Å². The summed E-state index contributed by atoms with van der Waals surface area (Å²) < 4.78 is 29.7. The molecule has 2 heterocycles. The summed E-state index contributed by atoms with van der Waals surface area (Å²) in [6.07, 6.45) is 1.25. The Morgan fingerprint density at radius 3 is 2.69 bits per heavy atom. The number of rotatable bonds is 6. The summed E-state index contributed by atoms with van der Waals surface area (Å²) in [5, 5.41) is 3.45. The van der Waals surface area contributed by atoms with Crippen molar-refractivity contribution in [1.29, 1.82) is 0 Å². The second-order valence-corrected chi connectivity index (χ2v) is 11.3. The van der Waals surface area contributed by atoms with Gasteiger partial charge in [0.1, 0.15) is 0 Å². The standard InChI is InChI=1S/C22H24ClN3O4S2/c1-2-26-19-10-9-18(12-20(19)31-22(26)28)24-21(27)16-4-3-11-25(13-16)32(29,30)14-15-5-7-17(23)8-6-15/h5-10,12,16H,2-4,11,13-14H2,1H3,(H,24,27)/t16-/m1/s1. The van der Waals surface area contributed by atoms with E-state index in [4.69, 9.17) is 11.6 Å². The molecule has 170 valence electrons. The minimum absolute atomic E-state index is 0.0280. The molecule has 32 heavy (non-hydrogen) atoms. The number of thiazole rings is 1. The fourth-order valence-electron chi connectivity index (χ4n) is 3.98. The fraction of sp³-hybridized carbons (Fsp3) is 0.364. The largest absolute Gasteiger partial charge is 0.326 e.